The minimum Gasteiger partial charge on any atom is -0.492 e. The minimum absolute atomic E-state index is 0.0200. The number of anilines is 2. The number of carbonyl (C=O) groups is 1. The number of aromatic nitrogens is 1. The molecule has 1 N–H and O–H groups in total. The van der Waals surface area contributed by atoms with Crippen molar-refractivity contribution in [1.82, 2.24) is 4.98 Å². The molecule has 4 rings (SSSR count). The molecule has 29 heavy (non-hydrogen) atoms. The molecule has 146 valence electrons. The predicted octanol–water partition coefficient (Wildman–Crippen LogP) is 4.93. The first-order valence-electron chi connectivity index (χ1n) is 8.93. The topological polar surface area (TPSA) is 94.4 Å². The zero-order chi connectivity index (χ0) is 20.4. The van der Waals surface area contributed by atoms with Crippen LogP contribution in [0.15, 0.2) is 65.3 Å². The van der Waals surface area contributed by atoms with Crippen molar-refractivity contribution in [3.63, 3.8) is 0 Å². The first kappa shape index (κ1) is 19.1. The Morgan fingerprint density at radius 1 is 1.21 bits per heavy atom. The summed E-state index contributed by atoms with van der Waals surface area (Å²) < 4.78 is 6.61. The molecule has 0 radical (unpaired) electrons. The number of pyridine rings is 1. The van der Waals surface area contributed by atoms with Crippen molar-refractivity contribution in [2.24, 2.45) is 5.92 Å². The first-order valence-corrected chi connectivity index (χ1v) is 9.72. The van der Waals surface area contributed by atoms with E-state index in [0.29, 0.717) is 35.8 Å². The van der Waals surface area contributed by atoms with Crippen LogP contribution in [0.25, 0.3) is 0 Å². The fourth-order valence-electron chi connectivity index (χ4n) is 3.24. The van der Waals surface area contributed by atoms with E-state index in [2.05, 4.69) is 26.2 Å². The van der Waals surface area contributed by atoms with Gasteiger partial charge < -0.3 is 10.1 Å². The molecule has 0 fully saturated rings. The number of rotatable bonds is 5. The number of nitro groups is 1. The van der Waals surface area contributed by atoms with Crippen molar-refractivity contribution >= 4 is 38.9 Å². The highest BCUT2D eigenvalue weighted by atomic mass is 79.9. The van der Waals surface area contributed by atoms with Gasteiger partial charge in [-0.05, 0) is 48.4 Å². The second-order valence-corrected chi connectivity index (χ2v) is 7.57. The Kier molecular flexibility index (Phi) is 5.26. The fraction of sp³-hybridized carbons (Fsp3) is 0.143. The summed E-state index contributed by atoms with van der Waals surface area (Å²) in [6.45, 7) is 0.305. The van der Waals surface area contributed by atoms with Crippen molar-refractivity contribution < 1.29 is 14.5 Å². The average Bonchev–Trinajstić information content (AvgIpc) is 2.72. The van der Waals surface area contributed by atoms with E-state index in [0.717, 1.165) is 10.0 Å². The molecule has 2 aromatic carbocycles. The number of hydrogen-bond acceptors (Lipinski definition) is 6. The lowest BCUT2D eigenvalue weighted by molar-refractivity contribution is -0.384. The smallest absolute Gasteiger partial charge is 0.269 e. The highest BCUT2D eigenvalue weighted by molar-refractivity contribution is 9.10. The van der Waals surface area contributed by atoms with Gasteiger partial charge in [-0.25, -0.2) is 4.98 Å². The summed E-state index contributed by atoms with van der Waals surface area (Å²) in [5.74, 6) is 0.926. The Balaban J connectivity index is 1.54. The molecular formula is C21H16BrN3O4. The molecule has 1 atom stereocenters. The molecule has 0 saturated heterocycles. The van der Waals surface area contributed by atoms with Crippen LogP contribution in [0, 0.1) is 16.0 Å². The standard InChI is InChI=1S/C21H16BrN3O4/c22-15-3-8-19-18(11-15)20(26)14(12-29-19)10-13-2-1-9-23-21(13)24-16-4-6-17(7-5-16)25(27)28/h1-9,11,14H,10,12H2,(H,23,24). The van der Waals surface area contributed by atoms with Crippen molar-refractivity contribution in [3.8, 4) is 5.75 Å². The van der Waals surface area contributed by atoms with E-state index in [-0.39, 0.29) is 17.4 Å². The van der Waals surface area contributed by atoms with Gasteiger partial charge >= 0.3 is 0 Å². The van der Waals surface area contributed by atoms with E-state index < -0.39 is 4.92 Å². The van der Waals surface area contributed by atoms with Gasteiger partial charge in [0.25, 0.3) is 5.69 Å². The van der Waals surface area contributed by atoms with Gasteiger partial charge in [-0.1, -0.05) is 22.0 Å². The molecule has 0 spiro atoms. The predicted molar refractivity (Wildman–Crippen MR) is 112 cm³/mol. The summed E-state index contributed by atoms with van der Waals surface area (Å²) in [6.07, 6.45) is 2.12. The number of nitro benzene ring substituents is 1. The fourth-order valence-corrected chi connectivity index (χ4v) is 3.60. The van der Waals surface area contributed by atoms with Gasteiger partial charge in [-0.2, -0.15) is 0 Å². The van der Waals surface area contributed by atoms with Gasteiger partial charge in [0.05, 0.1) is 23.0 Å². The van der Waals surface area contributed by atoms with Gasteiger partial charge in [-0.3, -0.25) is 14.9 Å². The summed E-state index contributed by atoms with van der Waals surface area (Å²) in [4.78, 5) is 27.7. The SMILES string of the molecule is O=C1c2cc(Br)ccc2OCC1Cc1cccnc1Nc1ccc([N+](=O)[O-])cc1. The molecule has 2 heterocycles. The lowest BCUT2D eigenvalue weighted by Crippen LogP contribution is -2.29. The van der Waals surface area contributed by atoms with Gasteiger partial charge in [-0.15, -0.1) is 0 Å². The molecule has 1 unspecified atom stereocenters. The molecular weight excluding hydrogens is 438 g/mol. The van der Waals surface area contributed by atoms with Crippen molar-refractivity contribution in [3.05, 3.63) is 86.5 Å². The molecule has 0 saturated carbocycles. The van der Waals surface area contributed by atoms with Crippen molar-refractivity contribution in [2.45, 2.75) is 6.42 Å². The number of ether oxygens (including phenoxy) is 1. The molecule has 0 bridgehead atoms. The van der Waals surface area contributed by atoms with Gasteiger partial charge in [0, 0.05) is 28.5 Å². The van der Waals surface area contributed by atoms with Crippen LogP contribution < -0.4 is 10.1 Å². The number of hydrogen-bond donors (Lipinski definition) is 1. The third-order valence-electron chi connectivity index (χ3n) is 4.72. The molecule has 0 aliphatic carbocycles. The Labute approximate surface area is 175 Å². The second kappa shape index (κ2) is 8.00. The Morgan fingerprint density at radius 3 is 2.76 bits per heavy atom. The van der Waals surface area contributed by atoms with Crippen LogP contribution >= 0.6 is 15.9 Å². The van der Waals surface area contributed by atoms with E-state index in [9.17, 15) is 14.9 Å². The van der Waals surface area contributed by atoms with E-state index in [4.69, 9.17) is 4.74 Å². The number of nitrogens with zero attached hydrogens (tertiary/aromatic N) is 2. The van der Waals surface area contributed by atoms with Gasteiger partial charge in [0.15, 0.2) is 5.78 Å². The van der Waals surface area contributed by atoms with Gasteiger partial charge in [0.1, 0.15) is 11.6 Å². The van der Waals surface area contributed by atoms with Crippen LogP contribution in [0.5, 0.6) is 5.75 Å². The third kappa shape index (κ3) is 4.12. The van der Waals surface area contributed by atoms with E-state index in [1.807, 2.05) is 18.2 Å². The summed E-state index contributed by atoms with van der Waals surface area (Å²) in [7, 11) is 0. The van der Waals surface area contributed by atoms with Crippen molar-refractivity contribution in [2.75, 3.05) is 11.9 Å². The van der Waals surface area contributed by atoms with E-state index in [1.54, 1.807) is 30.5 Å². The van der Waals surface area contributed by atoms with Gasteiger partial charge in [0.2, 0.25) is 0 Å². The lowest BCUT2D eigenvalue weighted by Gasteiger charge is -2.25. The monoisotopic (exact) mass is 453 g/mol. The minimum atomic E-state index is -0.444. The first-order chi connectivity index (χ1) is 14.0. The molecule has 1 aromatic heterocycles. The zero-order valence-corrected chi connectivity index (χ0v) is 16.8. The summed E-state index contributed by atoms with van der Waals surface area (Å²) in [5, 5.41) is 14.0. The van der Waals surface area contributed by atoms with Crippen LogP contribution in [0.4, 0.5) is 17.2 Å². The number of Topliss-reactive ketones (excluding diaryl/α,β-unsaturated/α-hetero) is 1. The Hall–Kier alpha value is -3.26. The van der Waals surface area contributed by atoms with Crippen LogP contribution in [-0.2, 0) is 6.42 Å². The van der Waals surface area contributed by atoms with Crippen LogP contribution in [0.3, 0.4) is 0 Å². The number of non-ortho nitro benzene ring substituents is 1. The number of benzene rings is 2. The number of ketones is 1. The van der Waals surface area contributed by atoms with Crippen LogP contribution in [-0.4, -0.2) is 22.3 Å². The lowest BCUT2D eigenvalue weighted by atomic mass is 9.90. The maximum absolute atomic E-state index is 12.9. The molecule has 0 amide bonds. The quantitative estimate of drug-likeness (QED) is 0.434. The normalized spacial score (nSPS) is 15.3. The van der Waals surface area contributed by atoms with Crippen molar-refractivity contribution in [1.29, 1.82) is 0 Å². The maximum atomic E-state index is 12.9. The molecule has 1 aliphatic heterocycles. The van der Waals surface area contributed by atoms with Crippen LogP contribution in [0.1, 0.15) is 15.9 Å². The Bertz CT molecular complexity index is 1090. The number of nitrogens with one attached hydrogen (secondary N) is 1. The highest BCUT2D eigenvalue weighted by Crippen LogP contribution is 2.32. The molecule has 3 aromatic rings. The summed E-state index contributed by atoms with van der Waals surface area (Å²) in [5.41, 5.74) is 2.14. The molecule has 7 nitrogen and oxygen atoms in total. The number of carbonyl (C=O) groups excluding carboxylic acids is 1. The third-order valence-corrected chi connectivity index (χ3v) is 5.21. The van der Waals surface area contributed by atoms with E-state index >= 15 is 0 Å². The average molecular weight is 454 g/mol. The molecule has 1 aliphatic rings. The second-order valence-electron chi connectivity index (χ2n) is 6.66. The number of fused-ring (bicyclic) bond motifs is 1. The zero-order valence-electron chi connectivity index (χ0n) is 15.2. The number of halogens is 1. The largest absolute Gasteiger partial charge is 0.492 e. The summed E-state index contributed by atoms with van der Waals surface area (Å²) in [6, 6.07) is 15.2. The maximum Gasteiger partial charge on any atom is 0.269 e. The Morgan fingerprint density at radius 2 is 2.00 bits per heavy atom. The summed E-state index contributed by atoms with van der Waals surface area (Å²) >= 11 is 3.40. The highest BCUT2D eigenvalue weighted by Gasteiger charge is 2.29. The van der Waals surface area contributed by atoms with Crippen LogP contribution in [0.2, 0.25) is 0 Å². The van der Waals surface area contributed by atoms with E-state index in [1.165, 1.54) is 12.1 Å². The molecule has 8 heteroatoms.